The van der Waals surface area contributed by atoms with Gasteiger partial charge in [-0.25, -0.2) is 0 Å². The average Bonchev–Trinajstić information content (AvgIpc) is 2.73. The Hall–Kier alpha value is -2.72. The van der Waals surface area contributed by atoms with Gasteiger partial charge in [0.15, 0.2) is 0 Å². The third-order valence-electron chi connectivity index (χ3n) is 4.08. The third kappa shape index (κ3) is 5.63. The Morgan fingerprint density at radius 1 is 0.926 bits per heavy atom. The van der Waals surface area contributed by atoms with E-state index in [9.17, 15) is 4.79 Å². The first-order valence-corrected chi connectivity index (χ1v) is 10.0. The first-order valence-electron chi connectivity index (χ1n) is 9.02. The normalized spacial score (nSPS) is 10.4. The highest BCUT2D eigenvalue weighted by Crippen LogP contribution is 2.22. The van der Waals surface area contributed by atoms with Gasteiger partial charge in [0.2, 0.25) is 0 Å². The van der Waals surface area contributed by atoms with Crippen LogP contribution in [0.25, 0.3) is 0 Å². The van der Waals surface area contributed by atoms with Crippen molar-refractivity contribution in [3.63, 3.8) is 0 Å². The number of carbonyl (C=O) groups is 1. The number of hydrogen-bond donors (Lipinski definition) is 1. The lowest BCUT2D eigenvalue weighted by Gasteiger charge is -2.11. The molecule has 27 heavy (non-hydrogen) atoms. The smallest absolute Gasteiger partial charge is 0.251 e. The van der Waals surface area contributed by atoms with Gasteiger partial charge < -0.3 is 10.1 Å². The van der Waals surface area contributed by atoms with E-state index in [2.05, 4.69) is 17.4 Å². The fraction of sp³-hybridized carbons (Fsp3) is 0.174. The Morgan fingerprint density at radius 3 is 2.37 bits per heavy atom. The number of ether oxygens (including phenoxy) is 1. The quantitative estimate of drug-likeness (QED) is 0.541. The monoisotopic (exact) mass is 377 g/mol. The van der Waals surface area contributed by atoms with Crippen LogP contribution in [-0.4, -0.2) is 12.5 Å². The van der Waals surface area contributed by atoms with E-state index >= 15 is 0 Å². The van der Waals surface area contributed by atoms with Gasteiger partial charge in [0, 0.05) is 28.3 Å². The number of nitrogens with one attached hydrogen (secondary N) is 1. The highest BCUT2D eigenvalue weighted by atomic mass is 32.2. The molecule has 3 rings (SSSR count). The van der Waals surface area contributed by atoms with Gasteiger partial charge in [-0.2, -0.15) is 0 Å². The largest absolute Gasteiger partial charge is 0.494 e. The SMILES string of the molecule is CCOc1ccccc1CNC(=O)c1ccc(CSc2ccccc2)cc1. The summed E-state index contributed by atoms with van der Waals surface area (Å²) >= 11 is 1.79. The number of benzene rings is 3. The molecule has 138 valence electrons. The van der Waals surface area contributed by atoms with E-state index in [1.165, 1.54) is 10.5 Å². The molecule has 3 nitrogen and oxygen atoms in total. The van der Waals surface area contributed by atoms with Crippen molar-refractivity contribution in [2.75, 3.05) is 6.61 Å². The standard InChI is InChI=1S/C23H23NO2S/c1-2-26-22-11-7-6-8-20(22)16-24-23(25)19-14-12-18(13-15-19)17-27-21-9-4-3-5-10-21/h3-15H,2,16-17H2,1H3,(H,24,25). The maximum atomic E-state index is 12.4. The number of carbonyl (C=O) groups excluding carboxylic acids is 1. The van der Waals surface area contributed by atoms with Crippen molar-refractivity contribution in [3.05, 3.63) is 95.6 Å². The minimum absolute atomic E-state index is 0.0800. The van der Waals surface area contributed by atoms with Gasteiger partial charge in [-0.3, -0.25) is 4.79 Å². The van der Waals surface area contributed by atoms with Gasteiger partial charge in [-0.1, -0.05) is 48.5 Å². The molecule has 0 aliphatic heterocycles. The maximum Gasteiger partial charge on any atom is 0.251 e. The molecule has 1 N–H and O–H groups in total. The summed E-state index contributed by atoms with van der Waals surface area (Å²) in [5.41, 5.74) is 2.84. The molecule has 0 spiro atoms. The van der Waals surface area contributed by atoms with E-state index in [0.717, 1.165) is 17.1 Å². The molecule has 0 heterocycles. The summed E-state index contributed by atoms with van der Waals surface area (Å²) in [5, 5.41) is 2.97. The predicted octanol–water partition coefficient (Wildman–Crippen LogP) is 5.31. The molecular formula is C23H23NO2S. The summed E-state index contributed by atoms with van der Waals surface area (Å²) in [5.74, 6) is 1.62. The van der Waals surface area contributed by atoms with Crippen molar-refractivity contribution in [2.45, 2.75) is 24.1 Å². The zero-order valence-electron chi connectivity index (χ0n) is 15.4. The lowest BCUT2D eigenvalue weighted by Crippen LogP contribution is -2.23. The second-order valence-electron chi connectivity index (χ2n) is 6.02. The second kappa shape index (κ2) is 9.83. The van der Waals surface area contributed by atoms with Gasteiger partial charge in [0.25, 0.3) is 5.91 Å². The molecule has 0 saturated carbocycles. The van der Waals surface area contributed by atoms with E-state index in [0.29, 0.717) is 18.7 Å². The van der Waals surface area contributed by atoms with Crippen LogP contribution in [0.4, 0.5) is 0 Å². The molecule has 0 aliphatic carbocycles. The third-order valence-corrected chi connectivity index (χ3v) is 5.16. The molecule has 0 fully saturated rings. The minimum atomic E-state index is -0.0800. The lowest BCUT2D eigenvalue weighted by atomic mass is 10.1. The molecule has 0 radical (unpaired) electrons. The van der Waals surface area contributed by atoms with Crippen molar-refractivity contribution in [3.8, 4) is 5.75 Å². The number of amides is 1. The number of rotatable bonds is 8. The zero-order valence-corrected chi connectivity index (χ0v) is 16.2. The minimum Gasteiger partial charge on any atom is -0.494 e. The van der Waals surface area contributed by atoms with Crippen LogP contribution >= 0.6 is 11.8 Å². The highest BCUT2D eigenvalue weighted by molar-refractivity contribution is 7.98. The van der Waals surface area contributed by atoms with Crippen LogP contribution in [0, 0.1) is 0 Å². The van der Waals surface area contributed by atoms with E-state index in [4.69, 9.17) is 4.74 Å². The summed E-state index contributed by atoms with van der Waals surface area (Å²) < 4.78 is 5.60. The van der Waals surface area contributed by atoms with Gasteiger partial charge in [0.1, 0.15) is 5.75 Å². The molecule has 0 unspecified atom stereocenters. The lowest BCUT2D eigenvalue weighted by molar-refractivity contribution is 0.0950. The number of para-hydroxylation sites is 1. The van der Waals surface area contributed by atoms with Gasteiger partial charge in [-0.05, 0) is 42.8 Å². The van der Waals surface area contributed by atoms with E-state index < -0.39 is 0 Å². The molecule has 4 heteroatoms. The number of hydrogen-bond acceptors (Lipinski definition) is 3. The average molecular weight is 378 g/mol. The van der Waals surface area contributed by atoms with Gasteiger partial charge in [0.05, 0.1) is 6.61 Å². The van der Waals surface area contributed by atoms with Crippen LogP contribution in [0.2, 0.25) is 0 Å². The maximum absolute atomic E-state index is 12.4. The first-order chi connectivity index (χ1) is 13.3. The summed E-state index contributed by atoms with van der Waals surface area (Å²) in [4.78, 5) is 13.7. The fourth-order valence-corrected chi connectivity index (χ4v) is 3.53. The molecule has 0 aliphatic rings. The van der Waals surface area contributed by atoms with Crippen molar-refractivity contribution in [1.29, 1.82) is 0 Å². The molecule has 0 atom stereocenters. The molecule has 3 aromatic carbocycles. The van der Waals surface area contributed by atoms with Crippen molar-refractivity contribution in [2.24, 2.45) is 0 Å². The molecular weight excluding hydrogens is 354 g/mol. The Morgan fingerprint density at radius 2 is 1.63 bits per heavy atom. The molecule has 1 amide bonds. The van der Waals surface area contributed by atoms with Crippen LogP contribution in [0.1, 0.15) is 28.4 Å². The summed E-state index contributed by atoms with van der Waals surface area (Å²) in [6, 6.07) is 25.9. The van der Waals surface area contributed by atoms with Crippen LogP contribution in [-0.2, 0) is 12.3 Å². The second-order valence-corrected chi connectivity index (χ2v) is 7.07. The Labute approximate surface area is 164 Å². The van der Waals surface area contributed by atoms with Crippen LogP contribution in [0.15, 0.2) is 83.8 Å². The Bertz CT molecular complexity index is 863. The molecule has 0 aromatic heterocycles. The molecule has 0 saturated heterocycles. The molecule has 3 aromatic rings. The van der Waals surface area contributed by atoms with Crippen LogP contribution in [0.5, 0.6) is 5.75 Å². The zero-order chi connectivity index (χ0) is 18.9. The molecule has 0 bridgehead atoms. The summed E-state index contributed by atoms with van der Waals surface area (Å²) in [6.07, 6.45) is 0. The summed E-state index contributed by atoms with van der Waals surface area (Å²) in [7, 11) is 0. The van der Waals surface area contributed by atoms with E-state index in [1.54, 1.807) is 11.8 Å². The van der Waals surface area contributed by atoms with Crippen molar-refractivity contribution < 1.29 is 9.53 Å². The van der Waals surface area contributed by atoms with Gasteiger partial charge >= 0.3 is 0 Å². The number of thioether (sulfide) groups is 1. The van der Waals surface area contributed by atoms with Crippen LogP contribution in [0.3, 0.4) is 0 Å². The van der Waals surface area contributed by atoms with Crippen molar-refractivity contribution in [1.82, 2.24) is 5.32 Å². The van der Waals surface area contributed by atoms with Crippen LogP contribution < -0.4 is 10.1 Å². The Balaban J connectivity index is 1.54. The predicted molar refractivity (Wildman–Crippen MR) is 111 cm³/mol. The topological polar surface area (TPSA) is 38.3 Å². The highest BCUT2D eigenvalue weighted by Gasteiger charge is 2.08. The van der Waals surface area contributed by atoms with Crippen molar-refractivity contribution >= 4 is 17.7 Å². The van der Waals surface area contributed by atoms with Gasteiger partial charge in [-0.15, -0.1) is 11.8 Å². The van der Waals surface area contributed by atoms with E-state index in [1.807, 2.05) is 73.7 Å². The first kappa shape index (κ1) is 19.1. The fourth-order valence-electron chi connectivity index (χ4n) is 2.66. The Kier molecular flexibility index (Phi) is 6.94. The van der Waals surface area contributed by atoms with E-state index in [-0.39, 0.29) is 5.91 Å². The summed E-state index contributed by atoms with van der Waals surface area (Å²) in [6.45, 7) is 3.00.